The number of nitrogens with one attached hydrogen (secondary N) is 2. The molecule has 0 radical (unpaired) electrons. The molecule has 2 aliphatic heterocycles. The summed E-state index contributed by atoms with van der Waals surface area (Å²) in [5.74, 6) is 0.0138. The van der Waals surface area contributed by atoms with Gasteiger partial charge in [0.05, 0.1) is 37.2 Å². The van der Waals surface area contributed by atoms with Crippen molar-refractivity contribution in [2.45, 2.75) is 78.0 Å². The van der Waals surface area contributed by atoms with Gasteiger partial charge in [-0.1, -0.05) is 12.1 Å². The normalized spacial score (nSPS) is 15.7. The van der Waals surface area contributed by atoms with E-state index in [4.69, 9.17) is 14.2 Å². The lowest BCUT2D eigenvalue weighted by Crippen LogP contribution is -2.47. The minimum absolute atomic E-state index is 0.127. The maximum atomic E-state index is 13.7. The van der Waals surface area contributed by atoms with E-state index in [0.29, 0.717) is 58.1 Å². The standard InChI is InChI=1S/C42H55N5O8/c1-28-14-16-35(37(23-28)54-22-9-7-8-13-38(49)46-20-18-45(5)19-21-46)44-39(50)29-15-17-34(30(24-29)27-53-6)43-40(51)32-11-10-12-36-33(32)25-31(26-48)47(36)41(52)55-42(2,3)4/h10-12,14-17,23-24,31,48H,7-9,13,18-22,25-27H2,1-6H3,(H,43,51)(H,44,50). The SMILES string of the molecule is COCc1cc(C(=O)Nc2ccc(C)cc2OCCCCCC(=O)N2CCN(C)CC2)ccc1NC(=O)c1cccc2c1CC(CO)N2C(=O)OC(C)(C)C. The van der Waals surface area contributed by atoms with Crippen LogP contribution in [0.3, 0.4) is 0 Å². The Labute approximate surface area is 323 Å². The number of ether oxygens (including phenoxy) is 3. The summed E-state index contributed by atoms with van der Waals surface area (Å²) in [5.41, 5.74) is 3.70. The molecule has 0 bridgehead atoms. The first kappa shape index (κ1) is 41.2. The van der Waals surface area contributed by atoms with Crippen molar-refractivity contribution < 1.29 is 38.5 Å². The number of anilines is 3. The molecule has 0 saturated carbocycles. The van der Waals surface area contributed by atoms with Gasteiger partial charge in [0.25, 0.3) is 11.8 Å². The Morgan fingerprint density at radius 1 is 0.891 bits per heavy atom. The Morgan fingerprint density at radius 2 is 1.62 bits per heavy atom. The lowest BCUT2D eigenvalue weighted by molar-refractivity contribution is -0.132. The first-order chi connectivity index (χ1) is 26.3. The average Bonchev–Trinajstić information content (AvgIpc) is 3.53. The molecule has 13 nitrogen and oxygen atoms in total. The van der Waals surface area contributed by atoms with Crippen molar-refractivity contribution in [3.05, 3.63) is 82.4 Å². The van der Waals surface area contributed by atoms with Crippen molar-refractivity contribution in [1.82, 2.24) is 9.80 Å². The molecule has 3 N–H and O–H groups in total. The zero-order valence-electron chi connectivity index (χ0n) is 32.9. The number of carbonyl (C=O) groups is 4. The van der Waals surface area contributed by atoms with Gasteiger partial charge in [-0.25, -0.2) is 4.79 Å². The van der Waals surface area contributed by atoms with Crippen LogP contribution in [0.5, 0.6) is 5.75 Å². The lowest BCUT2D eigenvalue weighted by Gasteiger charge is -2.32. The summed E-state index contributed by atoms with van der Waals surface area (Å²) >= 11 is 0. The van der Waals surface area contributed by atoms with Crippen molar-refractivity contribution in [3.8, 4) is 5.75 Å². The molecule has 13 heteroatoms. The summed E-state index contributed by atoms with van der Waals surface area (Å²) in [5, 5.41) is 16.0. The molecular formula is C42H55N5O8. The van der Waals surface area contributed by atoms with Crippen LogP contribution in [0.4, 0.5) is 21.9 Å². The first-order valence-electron chi connectivity index (χ1n) is 19.0. The van der Waals surface area contributed by atoms with Gasteiger partial charge in [-0.3, -0.25) is 19.3 Å². The van der Waals surface area contributed by atoms with Gasteiger partial charge in [0.1, 0.15) is 11.4 Å². The van der Waals surface area contributed by atoms with Crippen LogP contribution in [-0.2, 0) is 27.3 Å². The predicted molar refractivity (Wildman–Crippen MR) is 212 cm³/mol. The lowest BCUT2D eigenvalue weighted by atomic mass is 10.0. The molecule has 1 saturated heterocycles. The zero-order valence-corrected chi connectivity index (χ0v) is 32.9. The average molecular weight is 758 g/mol. The summed E-state index contributed by atoms with van der Waals surface area (Å²) in [6.45, 7) is 11.0. The highest BCUT2D eigenvalue weighted by Gasteiger charge is 2.38. The number of amides is 4. The molecule has 2 aliphatic rings. The topological polar surface area (TPSA) is 150 Å². The summed E-state index contributed by atoms with van der Waals surface area (Å²) in [6.07, 6.45) is 2.67. The molecule has 0 spiro atoms. The maximum absolute atomic E-state index is 13.7. The molecule has 296 valence electrons. The van der Waals surface area contributed by atoms with Crippen LogP contribution in [-0.4, -0.2) is 104 Å². The van der Waals surface area contributed by atoms with E-state index in [9.17, 15) is 24.3 Å². The number of methoxy groups -OCH3 is 1. The third-order valence-corrected chi connectivity index (χ3v) is 9.71. The minimum atomic E-state index is -0.736. The van der Waals surface area contributed by atoms with Crippen molar-refractivity contribution in [3.63, 3.8) is 0 Å². The van der Waals surface area contributed by atoms with E-state index >= 15 is 0 Å². The molecule has 3 aromatic rings. The van der Waals surface area contributed by atoms with Crippen molar-refractivity contribution >= 4 is 40.9 Å². The number of hydrogen-bond donors (Lipinski definition) is 3. The first-order valence-corrected chi connectivity index (χ1v) is 19.0. The molecule has 3 aromatic carbocycles. The fourth-order valence-corrected chi connectivity index (χ4v) is 6.78. The number of benzene rings is 3. The fraction of sp³-hybridized carbons (Fsp3) is 0.476. The number of nitrogens with zero attached hydrogens (tertiary/aromatic N) is 3. The zero-order chi connectivity index (χ0) is 39.7. The number of rotatable bonds is 14. The second-order valence-electron chi connectivity index (χ2n) is 15.3. The van der Waals surface area contributed by atoms with Crippen LogP contribution < -0.4 is 20.3 Å². The Hall–Kier alpha value is -4.98. The number of likely N-dealkylation sites (N-methyl/N-ethyl adjacent to an activating group) is 1. The monoisotopic (exact) mass is 757 g/mol. The van der Waals surface area contributed by atoms with E-state index in [0.717, 1.165) is 51.0 Å². The van der Waals surface area contributed by atoms with Gasteiger partial charge in [0.2, 0.25) is 5.91 Å². The van der Waals surface area contributed by atoms with Crippen molar-refractivity contribution in [2.24, 2.45) is 0 Å². The number of aryl methyl sites for hydroxylation is 1. The highest BCUT2D eigenvalue weighted by Crippen LogP contribution is 2.36. The van der Waals surface area contributed by atoms with Crippen LogP contribution >= 0.6 is 0 Å². The maximum Gasteiger partial charge on any atom is 0.415 e. The van der Waals surface area contributed by atoms with Crippen LogP contribution in [0.25, 0.3) is 0 Å². The van der Waals surface area contributed by atoms with Gasteiger partial charge in [-0.2, -0.15) is 0 Å². The van der Waals surface area contributed by atoms with Crippen LogP contribution in [0.2, 0.25) is 0 Å². The molecule has 1 fully saturated rings. The van der Waals surface area contributed by atoms with E-state index in [2.05, 4.69) is 22.6 Å². The molecule has 5 rings (SSSR count). The Balaban J connectivity index is 1.21. The summed E-state index contributed by atoms with van der Waals surface area (Å²) < 4.78 is 17.1. The number of piperazine rings is 1. The van der Waals surface area contributed by atoms with E-state index in [1.54, 1.807) is 57.2 Å². The fourth-order valence-electron chi connectivity index (χ4n) is 6.78. The third-order valence-electron chi connectivity index (χ3n) is 9.71. The van der Waals surface area contributed by atoms with E-state index in [1.165, 1.54) is 12.0 Å². The van der Waals surface area contributed by atoms with Crippen molar-refractivity contribution in [1.29, 1.82) is 0 Å². The van der Waals surface area contributed by atoms with Gasteiger partial charge in [-0.15, -0.1) is 0 Å². The molecule has 0 aromatic heterocycles. The highest BCUT2D eigenvalue weighted by atomic mass is 16.6. The van der Waals surface area contributed by atoms with Crippen molar-refractivity contribution in [2.75, 3.05) is 69.1 Å². The Morgan fingerprint density at radius 3 is 2.33 bits per heavy atom. The molecular weight excluding hydrogens is 702 g/mol. The molecule has 4 amide bonds. The number of aliphatic hydroxyl groups excluding tert-OH is 1. The molecule has 1 atom stereocenters. The van der Waals surface area contributed by atoms with E-state index in [1.807, 2.05) is 30.0 Å². The van der Waals surface area contributed by atoms with Crippen LogP contribution in [0, 0.1) is 6.92 Å². The Bertz CT molecular complexity index is 1850. The largest absolute Gasteiger partial charge is 0.491 e. The second-order valence-corrected chi connectivity index (χ2v) is 15.3. The number of fused-ring (bicyclic) bond motifs is 1. The molecule has 0 aliphatic carbocycles. The van der Waals surface area contributed by atoms with Crippen LogP contribution in [0.1, 0.15) is 83.9 Å². The summed E-state index contributed by atoms with van der Waals surface area (Å²) in [4.78, 5) is 58.5. The Kier molecular flexibility index (Phi) is 13.9. The third kappa shape index (κ3) is 10.8. The van der Waals surface area contributed by atoms with E-state index < -0.39 is 23.6 Å². The van der Waals surface area contributed by atoms with E-state index in [-0.39, 0.29) is 31.4 Å². The van der Waals surface area contributed by atoms with Gasteiger partial charge >= 0.3 is 6.09 Å². The van der Waals surface area contributed by atoms with Gasteiger partial charge in [0, 0.05) is 62.1 Å². The highest BCUT2D eigenvalue weighted by molar-refractivity contribution is 6.09. The van der Waals surface area contributed by atoms with Gasteiger partial charge in [-0.05, 0) is 114 Å². The molecule has 55 heavy (non-hydrogen) atoms. The summed E-state index contributed by atoms with van der Waals surface area (Å²) in [7, 11) is 3.61. The number of carbonyl (C=O) groups excluding carboxylic acids is 4. The smallest absolute Gasteiger partial charge is 0.415 e. The number of unbranched alkanes of at least 4 members (excludes halogenated alkanes) is 2. The van der Waals surface area contributed by atoms with Crippen LogP contribution in [0.15, 0.2) is 54.6 Å². The quantitative estimate of drug-likeness (QED) is 0.168. The number of hydrogen-bond acceptors (Lipinski definition) is 9. The molecule has 1 unspecified atom stereocenters. The minimum Gasteiger partial charge on any atom is -0.491 e. The van der Waals surface area contributed by atoms with Gasteiger partial charge < -0.3 is 39.8 Å². The molecule has 2 heterocycles. The predicted octanol–water partition coefficient (Wildman–Crippen LogP) is 6.02. The summed E-state index contributed by atoms with van der Waals surface area (Å²) in [6, 6.07) is 15.1. The van der Waals surface area contributed by atoms with Gasteiger partial charge in [0.15, 0.2) is 0 Å². The number of aliphatic hydroxyl groups is 1. The second kappa shape index (κ2) is 18.6.